The molecule has 2 rings (SSSR count). The van der Waals surface area contributed by atoms with Gasteiger partial charge >= 0.3 is 59.8 Å². The van der Waals surface area contributed by atoms with E-state index >= 15 is 4.11 Å². The van der Waals surface area contributed by atoms with Crippen LogP contribution < -0.4 is 47.7 Å². The number of amides is 8. The third-order valence-electron chi connectivity index (χ3n) is 16.9. The first-order valence-corrected chi connectivity index (χ1v) is 35.4. The molecule has 1 aromatic carbocycles. The zero-order chi connectivity index (χ0) is 78.0. The molecule has 1 aliphatic rings. The Morgan fingerprint density at radius 1 is 0.398 bits per heavy atom. The molecule has 0 radical (unpaired) electrons. The van der Waals surface area contributed by atoms with Crippen molar-refractivity contribution in [1.82, 2.24) is 62.1 Å². The lowest BCUT2D eigenvalue weighted by Crippen LogP contribution is -2.57. The summed E-state index contributed by atoms with van der Waals surface area (Å²) in [6.45, 7) is 9.03. The van der Waals surface area contributed by atoms with Gasteiger partial charge in [0.25, 0.3) is 14.3 Å². The van der Waals surface area contributed by atoms with Gasteiger partial charge in [-0.25, -0.2) is 24.0 Å². The van der Waals surface area contributed by atoms with Crippen molar-refractivity contribution in [3.8, 4) is 0 Å². The minimum absolute atomic E-state index is 0.000950. The van der Waals surface area contributed by atoms with Crippen LogP contribution >= 0.6 is 0 Å². The molecule has 8 amide bonds. The number of carboxylic acids is 9. The Balaban J connectivity index is 2.14. The maximum atomic E-state index is 17.1. The molecule has 6 atom stereocenters. The summed E-state index contributed by atoms with van der Waals surface area (Å²) in [7, 11) is -3.72. The van der Waals surface area contributed by atoms with E-state index in [9.17, 15) is 118 Å². The van der Waals surface area contributed by atoms with Crippen molar-refractivity contribution in [1.29, 1.82) is 0 Å². The Bertz CT molecular complexity index is 3070. The molecule has 39 heteroatoms. The fourth-order valence-corrected chi connectivity index (χ4v) is 16.2. The molecule has 578 valence electrons. The summed E-state index contributed by atoms with van der Waals surface area (Å²) in [5, 5.41) is 105. The van der Waals surface area contributed by atoms with Crippen LogP contribution in [0, 0.1) is 0 Å². The topological polar surface area (TPSA) is 564 Å². The molecule has 1 saturated heterocycles. The number of carbonyl (C=O) groups is 16. The third kappa shape index (κ3) is 33.9. The molecule has 0 unspecified atom stereocenters. The molecule has 1 aliphatic heterocycles. The van der Waals surface area contributed by atoms with Crippen molar-refractivity contribution < 1.29 is 127 Å². The number of benzene rings is 1. The highest BCUT2D eigenvalue weighted by Gasteiger charge is 2.56. The number of carboxylic acid groups (broad SMARTS) is 9. The van der Waals surface area contributed by atoms with E-state index in [1.165, 1.54) is 31.7 Å². The highest BCUT2D eigenvalue weighted by Crippen LogP contribution is 2.51. The van der Waals surface area contributed by atoms with Gasteiger partial charge in [0, 0.05) is 110 Å². The van der Waals surface area contributed by atoms with E-state index in [1.807, 2.05) is 52.2 Å². The van der Waals surface area contributed by atoms with Crippen LogP contribution in [0.5, 0.6) is 0 Å². The predicted molar refractivity (Wildman–Crippen MR) is 364 cm³/mol. The van der Waals surface area contributed by atoms with Gasteiger partial charge in [-0.05, 0) is 85.2 Å². The highest BCUT2D eigenvalue weighted by atomic mass is 28.4. The number of hydrogen-bond acceptors (Lipinski definition) is 20. The average Bonchev–Trinajstić information content (AvgIpc) is 0.748. The molecule has 0 spiro atoms. The smallest absolute Gasteiger partial charge is 0.326 e. The molecular formula is C64H101FN12O25Si. The Labute approximate surface area is 594 Å². The number of unbranched alkanes of at least 4 members (excludes halogenated alkanes) is 1. The zero-order valence-corrected chi connectivity index (χ0v) is 59.8. The first-order valence-electron chi connectivity index (χ1n) is 33.5. The van der Waals surface area contributed by atoms with Gasteiger partial charge in [-0.2, -0.15) is 0 Å². The third-order valence-corrected chi connectivity index (χ3v) is 22.1. The molecular weight excluding hydrogens is 1380 g/mol. The van der Waals surface area contributed by atoms with Crippen LogP contribution in [0.4, 0.5) is 8.90 Å². The lowest BCUT2D eigenvalue weighted by molar-refractivity contribution is -0.145. The second-order valence-corrected chi connectivity index (χ2v) is 31.8. The van der Waals surface area contributed by atoms with Crippen LogP contribution in [-0.4, -0.2) is 297 Å². The minimum Gasteiger partial charge on any atom is -0.481 e. The fourth-order valence-electron chi connectivity index (χ4n) is 11.6. The molecule has 1 aromatic rings. The zero-order valence-electron chi connectivity index (χ0n) is 58.8. The van der Waals surface area contributed by atoms with E-state index in [2.05, 4.69) is 31.9 Å². The van der Waals surface area contributed by atoms with E-state index in [0.29, 0.717) is 5.19 Å². The molecule has 0 saturated carbocycles. The second-order valence-electron chi connectivity index (χ2n) is 26.9. The van der Waals surface area contributed by atoms with Gasteiger partial charge < -0.3 is 92.6 Å². The Morgan fingerprint density at radius 3 is 1.20 bits per heavy atom. The van der Waals surface area contributed by atoms with E-state index < -0.39 is 208 Å². The van der Waals surface area contributed by atoms with Crippen LogP contribution in [-0.2, 0) is 67.1 Å². The lowest BCUT2D eigenvalue weighted by Gasteiger charge is -2.44. The molecule has 0 bridgehead atoms. The Kier molecular flexibility index (Phi) is 38.4. The van der Waals surface area contributed by atoms with Crippen LogP contribution in [0.15, 0.2) is 24.3 Å². The number of urea groups is 1. The molecule has 37 nitrogen and oxygen atoms in total. The van der Waals surface area contributed by atoms with Crippen molar-refractivity contribution in [3.05, 3.63) is 29.8 Å². The summed E-state index contributed by atoms with van der Waals surface area (Å²) >= 11 is 0. The number of rotatable bonds is 44. The summed E-state index contributed by atoms with van der Waals surface area (Å²) in [5.74, 6) is -17.2. The van der Waals surface area contributed by atoms with Gasteiger partial charge in [-0.3, -0.25) is 72.3 Å². The van der Waals surface area contributed by atoms with E-state index in [1.54, 1.807) is 12.1 Å². The predicted octanol–water partition coefficient (Wildman–Crippen LogP) is -1.33. The molecule has 1 fully saturated rings. The first-order chi connectivity index (χ1) is 48.0. The molecule has 1 heterocycles. The highest BCUT2D eigenvalue weighted by molar-refractivity contribution is 6.90. The monoisotopic (exact) mass is 1480 g/mol. The maximum Gasteiger partial charge on any atom is 0.326 e. The molecule has 0 aromatic heterocycles. The normalized spacial score (nSPS) is 15.6. The quantitative estimate of drug-likeness (QED) is 0.0205. The summed E-state index contributed by atoms with van der Waals surface area (Å²) in [4.78, 5) is 204. The lowest BCUT2D eigenvalue weighted by atomic mass is 10.1. The maximum absolute atomic E-state index is 17.1. The Morgan fingerprint density at radius 2 is 0.786 bits per heavy atom. The fraction of sp³-hybridized carbons (Fsp3) is 0.656. The van der Waals surface area contributed by atoms with Gasteiger partial charge in [0.05, 0.1) is 19.6 Å². The van der Waals surface area contributed by atoms with Crippen molar-refractivity contribution in [3.63, 3.8) is 0 Å². The van der Waals surface area contributed by atoms with E-state index in [4.69, 9.17) is 5.11 Å². The van der Waals surface area contributed by atoms with Crippen molar-refractivity contribution >= 4 is 109 Å². The van der Waals surface area contributed by atoms with Gasteiger partial charge in [0.15, 0.2) is 0 Å². The SMILES string of the molecule is CC(C)(C)[Si](F)(c1ccc(C(=O)NCC[C@H](NC(=O)CC[C@@H](C(=O)O)N2CCN(CC(=O)O)CCN(CC(=O)O)CCN(CC(=O)O)CC2)C(=O)N[C@H](CCCCNC(=O)CCC(=O)NCCC[C@@H](NC(=O)CC[C@H](NC(=O)N[C@@H](CCC(=O)O)C(=O)O)C(=O)O)C(=O)O)C(=O)O)cc1)C(C)(C)C. The number of hydrogen-bond donors (Lipinski definition) is 17. The minimum atomic E-state index is -3.72. The van der Waals surface area contributed by atoms with Gasteiger partial charge in [0.1, 0.15) is 36.3 Å². The van der Waals surface area contributed by atoms with E-state index in [0.717, 1.165) is 0 Å². The number of nitrogens with one attached hydrogen (secondary N) is 8. The van der Waals surface area contributed by atoms with E-state index in [-0.39, 0.29) is 129 Å². The van der Waals surface area contributed by atoms with Crippen LogP contribution in [0.3, 0.4) is 0 Å². The number of halogens is 1. The summed E-state index contributed by atoms with van der Waals surface area (Å²) < 4.78 is 17.1. The summed E-state index contributed by atoms with van der Waals surface area (Å²) in [5.41, 5.74) is 0.135. The molecule has 103 heavy (non-hydrogen) atoms. The summed E-state index contributed by atoms with van der Waals surface area (Å²) in [6, 6.07) is -4.75. The van der Waals surface area contributed by atoms with Crippen LogP contribution in [0.25, 0.3) is 0 Å². The number of carbonyl (C=O) groups excluding carboxylic acids is 7. The standard InChI is InChI=1S/C64H101FN12O25Si/c1-63(2,3)103(65,64(4,5)6)40-14-12-39(13-15-40)55(90)68-27-24-41(69-50(81)20-18-46(61(100)101)77-34-32-75(37-53(86)87)30-28-74(36-52(84)85)29-31-76(33-35-77)38-54(88)89)56(91)71-43(58(94)95)10-7-8-25-66-47(78)21-22-48(79)67-26-9-11-42(57(92)93)70-49(80)19-16-44(59(96)97)72-62(102)73-45(60(98)99)17-23-51(82)83/h12-15,41-46H,7-11,16-38H2,1-6H3,(H,66,78)(H,67,79)(H,68,90)(H,69,81)(H,70,80)(H,71,91)(H,82,83)(H,84,85)(H,86,87)(H,88,89)(H,92,93)(H,94,95)(H,96,97)(H,98,99)(H,100,101)(H2,72,73,102)/t41-,42+,43+,44-,45-,46-/m0/s1. The second kappa shape index (κ2) is 44.1. The Hall–Kier alpha value is -9.47. The van der Waals surface area contributed by atoms with Crippen molar-refractivity contribution in [2.45, 2.75) is 178 Å². The van der Waals surface area contributed by atoms with Crippen molar-refractivity contribution in [2.75, 3.05) is 91.6 Å². The van der Waals surface area contributed by atoms with Gasteiger partial charge in [-0.1, -0.05) is 53.7 Å². The van der Waals surface area contributed by atoms with Crippen molar-refractivity contribution in [2.24, 2.45) is 0 Å². The summed E-state index contributed by atoms with van der Waals surface area (Å²) in [6.07, 6.45) is -4.45. The molecule has 17 N–H and O–H groups in total. The number of aliphatic carboxylic acids is 9. The van der Waals surface area contributed by atoms with Crippen LogP contribution in [0.1, 0.15) is 142 Å². The first kappa shape index (κ1) is 89.6. The largest absolute Gasteiger partial charge is 0.481 e. The van der Waals surface area contributed by atoms with Gasteiger partial charge in [0.2, 0.25) is 29.5 Å². The number of nitrogens with zero attached hydrogens (tertiary/aromatic N) is 4. The van der Waals surface area contributed by atoms with Crippen LogP contribution in [0.2, 0.25) is 10.1 Å². The molecule has 0 aliphatic carbocycles. The van der Waals surface area contributed by atoms with Gasteiger partial charge in [-0.15, -0.1) is 0 Å². The average molecular weight is 1490 g/mol.